The van der Waals surface area contributed by atoms with Crippen LogP contribution in [-0.2, 0) is 5.41 Å². The van der Waals surface area contributed by atoms with E-state index in [9.17, 15) is 0 Å². The van der Waals surface area contributed by atoms with E-state index < -0.39 is 0 Å². The molecule has 0 bridgehead atoms. The van der Waals surface area contributed by atoms with Crippen LogP contribution in [0.1, 0.15) is 25.0 Å². The topological polar surface area (TPSA) is 38.7 Å². The molecule has 9 aromatic carbocycles. The molecule has 0 saturated heterocycles. The molecule has 0 aliphatic heterocycles. The van der Waals surface area contributed by atoms with Crippen LogP contribution >= 0.6 is 0 Å². The number of aromatic nitrogens is 3. The first kappa shape index (κ1) is 31.5. The SMILES string of the molecule is CC1(C)c2ccccc2-c2cc3ccc4ccc5cc(-c6cccc7c(-c8nc(-c9ccccc9)nc(-c9ccccc9)n8)cccc67)ccc5c4c3cc21. The van der Waals surface area contributed by atoms with Crippen LogP contribution in [0.2, 0.25) is 0 Å². The van der Waals surface area contributed by atoms with E-state index in [0.29, 0.717) is 17.5 Å². The average molecular weight is 702 g/mol. The van der Waals surface area contributed by atoms with Gasteiger partial charge in [-0.2, -0.15) is 0 Å². The zero-order chi connectivity index (χ0) is 36.7. The van der Waals surface area contributed by atoms with Crippen LogP contribution in [0, 0.1) is 0 Å². The van der Waals surface area contributed by atoms with Crippen molar-refractivity contribution < 1.29 is 0 Å². The molecular formula is C52H35N3. The molecular weight excluding hydrogens is 667 g/mol. The van der Waals surface area contributed by atoms with Crippen molar-refractivity contribution >= 4 is 43.1 Å². The van der Waals surface area contributed by atoms with E-state index >= 15 is 0 Å². The van der Waals surface area contributed by atoms with Crippen molar-refractivity contribution in [2.45, 2.75) is 19.3 Å². The smallest absolute Gasteiger partial charge is 0.164 e. The molecule has 11 rings (SSSR count). The number of rotatable bonds is 4. The van der Waals surface area contributed by atoms with Crippen molar-refractivity contribution in [3.63, 3.8) is 0 Å². The lowest BCUT2D eigenvalue weighted by Crippen LogP contribution is -2.14. The fourth-order valence-corrected chi connectivity index (χ4v) is 8.94. The third-order valence-electron chi connectivity index (χ3n) is 11.7. The highest BCUT2D eigenvalue weighted by atomic mass is 15.0. The summed E-state index contributed by atoms with van der Waals surface area (Å²) < 4.78 is 0. The molecule has 0 spiro atoms. The minimum absolute atomic E-state index is 0.0548. The second-order valence-corrected chi connectivity index (χ2v) is 15.2. The molecule has 1 aliphatic rings. The Hall–Kier alpha value is -6.97. The summed E-state index contributed by atoms with van der Waals surface area (Å²) in [4.78, 5) is 15.1. The van der Waals surface area contributed by atoms with Gasteiger partial charge in [-0.1, -0.05) is 172 Å². The summed E-state index contributed by atoms with van der Waals surface area (Å²) in [7, 11) is 0. The molecule has 10 aromatic rings. The number of hydrogen-bond acceptors (Lipinski definition) is 3. The van der Waals surface area contributed by atoms with Crippen molar-refractivity contribution in [1.82, 2.24) is 15.0 Å². The zero-order valence-corrected chi connectivity index (χ0v) is 30.6. The molecule has 0 radical (unpaired) electrons. The van der Waals surface area contributed by atoms with Gasteiger partial charge in [-0.05, 0) is 94.7 Å². The Morgan fingerprint density at radius 1 is 0.327 bits per heavy atom. The van der Waals surface area contributed by atoms with Crippen molar-refractivity contribution in [2.75, 3.05) is 0 Å². The Kier molecular flexibility index (Phi) is 6.90. The van der Waals surface area contributed by atoms with E-state index in [-0.39, 0.29) is 5.41 Å². The van der Waals surface area contributed by atoms with Gasteiger partial charge in [0.1, 0.15) is 0 Å². The largest absolute Gasteiger partial charge is 0.208 e. The molecule has 258 valence electrons. The Labute approximate surface area is 319 Å². The van der Waals surface area contributed by atoms with Crippen molar-refractivity contribution in [3.05, 3.63) is 187 Å². The van der Waals surface area contributed by atoms with Gasteiger partial charge < -0.3 is 0 Å². The average Bonchev–Trinajstić information content (AvgIpc) is 3.47. The molecule has 1 aromatic heterocycles. The summed E-state index contributed by atoms with van der Waals surface area (Å²) >= 11 is 0. The summed E-state index contributed by atoms with van der Waals surface area (Å²) in [6, 6.07) is 63.2. The lowest BCUT2D eigenvalue weighted by Gasteiger charge is -2.22. The maximum Gasteiger partial charge on any atom is 0.164 e. The van der Waals surface area contributed by atoms with Crippen molar-refractivity contribution in [3.8, 4) is 56.4 Å². The minimum Gasteiger partial charge on any atom is -0.208 e. The second kappa shape index (κ2) is 12.0. The van der Waals surface area contributed by atoms with E-state index in [2.05, 4.69) is 129 Å². The molecule has 0 saturated carbocycles. The standard InChI is InChI=1S/C52H35N3/c1-52(2)46-22-10-9-17-42(46)45-30-37-26-24-32-23-25-36-29-35(27-28-39(36)48(32)44(37)31-47(45)52)38-18-11-20-41-40(38)19-12-21-43(41)51-54-49(33-13-5-3-6-14-33)53-50(55-51)34-15-7-4-8-16-34/h3-31H,1-2H3. The first-order valence-corrected chi connectivity index (χ1v) is 18.9. The molecule has 3 nitrogen and oxygen atoms in total. The summed E-state index contributed by atoms with van der Waals surface area (Å²) in [6.07, 6.45) is 0. The molecule has 1 heterocycles. The van der Waals surface area contributed by atoms with Crippen LogP contribution in [0.5, 0.6) is 0 Å². The van der Waals surface area contributed by atoms with Crippen LogP contribution < -0.4 is 0 Å². The minimum atomic E-state index is -0.0548. The molecule has 3 heteroatoms. The fourth-order valence-electron chi connectivity index (χ4n) is 8.94. The summed E-state index contributed by atoms with van der Waals surface area (Å²) in [6.45, 7) is 4.72. The highest BCUT2D eigenvalue weighted by Gasteiger charge is 2.35. The quantitative estimate of drug-likeness (QED) is 0.171. The normalized spacial score (nSPS) is 13.1. The first-order valence-electron chi connectivity index (χ1n) is 18.9. The van der Waals surface area contributed by atoms with E-state index in [1.807, 2.05) is 60.7 Å². The van der Waals surface area contributed by atoms with Gasteiger partial charge >= 0.3 is 0 Å². The number of benzene rings is 9. The molecule has 0 fully saturated rings. The van der Waals surface area contributed by atoms with E-state index in [1.54, 1.807) is 0 Å². The first-order chi connectivity index (χ1) is 27.0. The highest BCUT2D eigenvalue weighted by Crippen LogP contribution is 2.50. The van der Waals surface area contributed by atoms with E-state index in [4.69, 9.17) is 15.0 Å². The van der Waals surface area contributed by atoms with Gasteiger partial charge in [0.25, 0.3) is 0 Å². The molecule has 0 amide bonds. The monoisotopic (exact) mass is 701 g/mol. The van der Waals surface area contributed by atoms with Gasteiger partial charge in [0.05, 0.1) is 0 Å². The number of nitrogens with zero attached hydrogens (tertiary/aromatic N) is 3. The fraction of sp³-hybridized carbons (Fsp3) is 0.0577. The predicted molar refractivity (Wildman–Crippen MR) is 229 cm³/mol. The van der Waals surface area contributed by atoms with E-state index in [0.717, 1.165) is 27.5 Å². The molecule has 0 unspecified atom stereocenters. The zero-order valence-electron chi connectivity index (χ0n) is 30.6. The van der Waals surface area contributed by atoms with Gasteiger partial charge in [0.2, 0.25) is 0 Å². The van der Waals surface area contributed by atoms with Gasteiger partial charge in [0, 0.05) is 22.1 Å². The summed E-state index contributed by atoms with van der Waals surface area (Å²) in [5, 5.41) is 9.93. The maximum absolute atomic E-state index is 5.07. The maximum atomic E-state index is 5.07. The third-order valence-corrected chi connectivity index (χ3v) is 11.7. The van der Waals surface area contributed by atoms with Crippen LogP contribution in [-0.4, -0.2) is 15.0 Å². The van der Waals surface area contributed by atoms with Crippen LogP contribution in [0.3, 0.4) is 0 Å². The summed E-state index contributed by atoms with van der Waals surface area (Å²) in [5.74, 6) is 1.97. The van der Waals surface area contributed by atoms with Crippen molar-refractivity contribution in [1.29, 1.82) is 0 Å². The number of hydrogen-bond donors (Lipinski definition) is 0. The van der Waals surface area contributed by atoms with Crippen LogP contribution in [0.4, 0.5) is 0 Å². The molecule has 55 heavy (non-hydrogen) atoms. The molecule has 1 aliphatic carbocycles. The predicted octanol–water partition coefficient (Wildman–Crippen LogP) is 13.5. The van der Waals surface area contributed by atoms with Crippen molar-refractivity contribution in [2.24, 2.45) is 0 Å². The Morgan fingerprint density at radius 3 is 1.60 bits per heavy atom. The Balaban J connectivity index is 1.07. The lowest BCUT2D eigenvalue weighted by molar-refractivity contribution is 0.661. The summed E-state index contributed by atoms with van der Waals surface area (Å²) in [5.41, 5.74) is 10.7. The van der Waals surface area contributed by atoms with Crippen LogP contribution in [0.15, 0.2) is 176 Å². The van der Waals surface area contributed by atoms with E-state index in [1.165, 1.54) is 65.7 Å². The molecule has 0 N–H and O–H groups in total. The van der Waals surface area contributed by atoms with Crippen LogP contribution in [0.25, 0.3) is 99.5 Å². The Bertz CT molecular complexity index is 3110. The second-order valence-electron chi connectivity index (χ2n) is 15.2. The highest BCUT2D eigenvalue weighted by molar-refractivity contribution is 6.21. The number of fused-ring (bicyclic) bond motifs is 9. The Morgan fingerprint density at radius 2 is 0.891 bits per heavy atom. The van der Waals surface area contributed by atoms with Gasteiger partial charge in [-0.15, -0.1) is 0 Å². The van der Waals surface area contributed by atoms with Gasteiger partial charge in [0.15, 0.2) is 17.5 Å². The lowest BCUT2D eigenvalue weighted by atomic mass is 9.81. The van der Waals surface area contributed by atoms with Gasteiger partial charge in [-0.25, -0.2) is 15.0 Å². The van der Waals surface area contributed by atoms with Gasteiger partial charge in [-0.3, -0.25) is 0 Å². The third kappa shape index (κ3) is 4.93. The molecule has 0 atom stereocenters.